The summed E-state index contributed by atoms with van der Waals surface area (Å²) in [6.07, 6.45) is -2.44. The number of hydrogen-bond donors (Lipinski definition) is 1. The number of amides is 1. The Labute approximate surface area is 170 Å². The summed E-state index contributed by atoms with van der Waals surface area (Å²) in [4.78, 5) is 16.0. The molecule has 0 saturated carbocycles. The van der Waals surface area contributed by atoms with Gasteiger partial charge < -0.3 is 14.6 Å². The van der Waals surface area contributed by atoms with Gasteiger partial charge >= 0.3 is 6.18 Å². The van der Waals surface area contributed by atoms with E-state index in [0.717, 1.165) is 23.5 Å². The molecule has 0 bridgehead atoms. The molecule has 7 nitrogen and oxygen atoms in total. The van der Waals surface area contributed by atoms with Crippen molar-refractivity contribution in [1.82, 2.24) is 19.7 Å². The zero-order valence-electron chi connectivity index (χ0n) is 16.6. The van der Waals surface area contributed by atoms with Crippen LogP contribution in [0.1, 0.15) is 40.4 Å². The van der Waals surface area contributed by atoms with Crippen LogP contribution in [0, 0.1) is 0 Å². The standard InChI is InChI=1S/C20H20F3N5O2/c1-12(7-18-27-24-11-28(18)2)13-5-4-6-14(8-13)25-19(29)16-9-15(30-3)10-17(26-16)20(21,22)23/h4-6,8-12H,7H2,1-3H3,(H,25,29)/t12-/m1/s1. The van der Waals surface area contributed by atoms with Crippen LogP contribution in [-0.4, -0.2) is 32.8 Å². The molecular formula is C20H20F3N5O2. The topological polar surface area (TPSA) is 81.9 Å². The third kappa shape index (κ3) is 4.94. The van der Waals surface area contributed by atoms with Gasteiger partial charge in [-0.15, -0.1) is 10.2 Å². The van der Waals surface area contributed by atoms with E-state index in [9.17, 15) is 18.0 Å². The quantitative estimate of drug-likeness (QED) is 0.657. The molecule has 1 N–H and O–H groups in total. The average Bonchev–Trinajstić information content (AvgIpc) is 3.11. The van der Waals surface area contributed by atoms with Crippen molar-refractivity contribution in [3.63, 3.8) is 0 Å². The van der Waals surface area contributed by atoms with E-state index in [-0.39, 0.29) is 17.4 Å². The number of hydrogen-bond acceptors (Lipinski definition) is 5. The maximum atomic E-state index is 13.0. The van der Waals surface area contributed by atoms with Gasteiger partial charge in [-0.1, -0.05) is 19.1 Å². The maximum absolute atomic E-state index is 13.0. The molecule has 1 aromatic carbocycles. The maximum Gasteiger partial charge on any atom is 0.433 e. The summed E-state index contributed by atoms with van der Waals surface area (Å²) in [6, 6.07) is 8.99. The van der Waals surface area contributed by atoms with Gasteiger partial charge in [-0.05, 0) is 23.6 Å². The fraction of sp³-hybridized carbons (Fsp3) is 0.300. The molecule has 0 saturated heterocycles. The Hall–Kier alpha value is -3.43. The summed E-state index contributed by atoms with van der Waals surface area (Å²) >= 11 is 0. The molecule has 158 valence electrons. The SMILES string of the molecule is COc1cc(C(=O)Nc2cccc([C@H](C)Cc3nncn3C)c2)nc(C(F)(F)F)c1. The number of aromatic nitrogens is 4. The van der Waals surface area contributed by atoms with Crippen LogP contribution in [0.5, 0.6) is 5.75 Å². The Morgan fingerprint density at radius 2 is 2.03 bits per heavy atom. The van der Waals surface area contributed by atoms with E-state index in [1.807, 2.05) is 24.6 Å². The highest BCUT2D eigenvalue weighted by molar-refractivity contribution is 6.03. The first-order valence-corrected chi connectivity index (χ1v) is 9.05. The fourth-order valence-electron chi connectivity index (χ4n) is 2.89. The van der Waals surface area contributed by atoms with Gasteiger partial charge in [-0.3, -0.25) is 4.79 Å². The number of ether oxygens (including phenoxy) is 1. The van der Waals surface area contributed by atoms with Crippen LogP contribution < -0.4 is 10.1 Å². The minimum absolute atomic E-state index is 0.0801. The van der Waals surface area contributed by atoms with E-state index < -0.39 is 17.8 Å². The Bertz CT molecular complexity index is 1050. The largest absolute Gasteiger partial charge is 0.497 e. The second-order valence-electron chi connectivity index (χ2n) is 6.82. The smallest absolute Gasteiger partial charge is 0.433 e. The first-order valence-electron chi connectivity index (χ1n) is 9.05. The molecule has 0 fully saturated rings. The molecule has 0 radical (unpaired) electrons. The van der Waals surface area contributed by atoms with E-state index in [1.54, 1.807) is 24.5 Å². The molecule has 2 heterocycles. The molecule has 10 heteroatoms. The first-order chi connectivity index (χ1) is 14.2. The number of nitrogens with zero attached hydrogens (tertiary/aromatic N) is 4. The Morgan fingerprint density at radius 1 is 1.27 bits per heavy atom. The van der Waals surface area contributed by atoms with Gasteiger partial charge in [0.2, 0.25) is 0 Å². The number of alkyl halides is 3. The lowest BCUT2D eigenvalue weighted by Gasteiger charge is -2.14. The number of benzene rings is 1. The minimum atomic E-state index is -4.70. The Kier molecular flexibility index (Phi) is 6.04. The van der Waals surface area contributed by atoms with E-state index in [4.69, 9.17) is 4.74 Å². The fourth-order valence-corrected chi connectivity index (χ4v) is 2.89. The van der Waals surface area contributed by atoms with Crippen LogP contribution in [0.25, 0.3) is 0 Å². The number of halogens is 3. The molecule has 0 spiro atoms. The molecule has 0 aliphatic rings. The summed E-state index contributed by atoms with van der Waals surface area (Å²) in [6.45, 7) is 2.01. The summed E-state index contributed by atoms with van der Waals surface area (Å²) in [5.74, 6) is 0.0276. The molecule has 1 atom stereocenters. The molecule has 30 heavy (non-hydrogen) atoms. The summed E-state index contributed by atoms with van der Waals surface area (Å²) in [5, 5.41) is 10.5. The van der Waals surface area contributed by atoms with Crippen molar-refractivity contribution >= 4 is 11.6 Å². The van der Waals surface area contributed by atoms with Crippen LogP contribution in [0.15, 0.2) is 42.7 Å². The Balaban J connectivity index is 1.79. The minimum Gasteiger partial charge on any atom is -0.497 e. The van der Waals surface area contributed by atoms with Crippen LogP contribution in [-0.2, 0) is 19.6 Å². The van der Waals surface area contributed by atoms with Crippen molar-refractivity contribution < 1.29 is 22.7 Å². The van der Waals surface area contributed by atoms with Crippen molar-refractivity contribution in [3.8, 4) is 5.75 Å². The second-order valence-corrected chi connectivity index (χ2v) is 6.82. The van der Waals surface area contributed by atoms with Crippen LogP contribution in [0.4, 0.5) is 18.9 Å². The van der Waals surface area contributed by atoms with Crippen molar-refractivity contribution in [2.24, 2.45) is 7.05 Å². The average molecular weight is 419 g/mol. The number of rotatable bonds is 6. The molecule has 3 aromatic rings. The van der Waals surface area contributed by atoms with Crippen molar-refractivity contribution in [2.45, 2.75) is 25.4 Å². The summed E-state index contributed by atoms with van der Waals surface area (Å²) in [5.41, 5.74) is -0.205. The zero-order valence-corrected chi connectivity index (χ0v) is 16.6. The van der Waals surface area contributed by atoms with Gasteiger partial charge in [-0.2, -0.15) is 13.2 Å². The highest BCUT2D eigenvalue weighted by Crippen LogP contribution is 2.30. The Morgan fingerprint density at radius 3 is 2.67 bits per heavy atom. The number of pyridine rings is 1. The van der Waals surface area contributed by atoms with Crippen LogP contribution >= 0.6 is 0 Å². The molecule has 0 aliphatic heterocycles. The zero-order chi connectivity index (χ0) is 21.9. The summed E-state index contributed by atoms with van der Waals surface area (Å²) < 4.78 is 45.8. The van der Waals surface area contributed by atoms with Gasteiger partial charge in [0.25, 0.3) is 5.91 Å². The van der Waals surface area contributed by atoms with Crippen LogP contribution in [0.2, 0.25) is 0 Å². The van der Waals surface area contributed by atoms with Crippen molar-refractivity contribution in [2.75, 3.05) is 12.4 Å². The third-order valence-corrected chi connectivity index (χ3v) is 4.57. The third-order valence-electron chi connectivity index (χ3n) is 4.57. The van der Waals surface area contributed by atoms with Crippen molar-refractivity contribution in [3.05, 3.63) is 65.5 Å². The van der Waals surface area contributed by atoms with Gasteiger partial charge in [0.1, 0.15) is 29.3 Å². The highest BCUT2D eigenvalue weighted by atomic mass is 19.4. The predicted octanol–water partition coefficient (Wildman–Crippen LogP) is 3.84. The molecule has 1 amide bonds. The van der Waals surface area contributed by atoms with Gasteiger partial charge in [0.15, 0.2) is 0 Å². The predicted molar refractivity (Wildman–Crippen MR) is 103 cm³/mol. The lowest BCUT2D eigenvalue weighted by molar-refractivity contribution is -0.141. The number of aryl methyl sites for hydroxylation is 1. The lowest BCUT2D eigenvalue weighted by Crippen LogP contribution is -2.17. The highest BCUT2D eigenvalue weighted by Gasteiger charge is 2.34. The van der Waals surface area contributed by atoms with E-state index in [0.29, 0.717) is 12.1 Å². The number of carbonyl (C=O) groups excluding carboxylic acids is 1. The van der Waals surface area contributed by atoms with E-state index in [2.05, 4.69) is 20.5 Å². The summed E-state index contributed by atoms with van der Waals surface area (Å²) in [7, 11) is 3.08. The molecule has 0 unspecified atom stereocenters. The normalized spacial score (nSPS) is 12.5. The number of methoxy groups -OCH3 is 1. The lowest BCUT2D eigenvalue weighted by atomic mass is 9.97. The molecule has 0 aliphatic carbocycles. The number of nitrogens with one attached hydrogen (secondary N) is 1. The van der Waals surface area contributed by atoms with E-state index >= 15 is 0 Å². The van der Waals surface area contributed by atoms with E-state index in [1.165, 1.54) is 7.11 Å². The molecule has 2 aromatic heterocycles. The van der Waals surface area contributed by atoms with Gasteiger partial charge in [-0.25, -0.2) is 4.98 Å². The van der Waals surface area contributed by atoms with Crippen LogP contribution in [0.3, 0.4) is 0 Å². The number of carbonyl (C=O) groups is 1. The van der Waals surface area contributed by atoms with Gasteiger partial charge in [0, 0.05) is 31.3 Å². The molecule has 3 rings (SSSR count). The van der Waals surface area contributed by atoms with Crippen molar-refractivity contribution in [1.29, 1.82) is 0 Å². The second kappa shape index (κ2) is 8.52. The van der Waals surface area contributed by atoms with Gasteiger partial charge in [0.05, 0.1) is 7.11 Å². The number of anilines is 1. The molecular weight excluding hydrogens is 399 g/mol. The first kappa shape index (κ1) is 21.3. The monoisotopic (exact) mass is 419 g/mol.